The number of hydrogen-bond donors (Lipinski definition) is 2. The number of anilines is 2. The van der Waals surface area contributed by atoms with Crippen LogP contribution in [-0.2, 0) is 6.42 Å². The lowest BCUT2D eigenvalue weighted by Gasteiger charge is -2.44. The smallest absolute Gasteiger partial charge is 0.131 e. The summed E-state index contributed by atoms with van der Waals surface area (Å²) in [7, 11) is 0. The number of nitrogens with zero attached hydrogens (tertiary/aromatic N) is 3. The summed E-state index contributed by atoms with van der Waals surface area (Å²) in [4.78, 5) is 10.8. The first-order chi connectivity index (χ1) is 30.7. The van der Waals surface area contributed by atoms with Gasteiger partial charge in [-0.15, -0.1) is 0 Å². The minimum atomic E-state index is -0.139. The van der Waals surface area contributed by atoms with Gasteiger partial charge in [0.25, 0.3) is 0 Å². The zero-order valence-corrected chi connectivity index (χ0v) is 34.9. The molecule has 5 aromatic carbocycles. The first-order valence-corrected chi connectivity index (χ1v) is 23.0. The number of benzene rings is 5. The molecule has 0 amide bonds. The average molecular weight is 806 g/mol. The Kier molecular flexibility index (Phi) is 8.53. The molecule has 0 fully saturated rings. The van der Waals surface area contributed by atoms with Gasteiger partial charge in [0.05, 0.1) is 12.2 Å². The van der Waals surface area contributed by atoms with Crippen LogP contribution in [0, 0.1) is 17.8 Å². The van der Waals surface area contributed by atoms with E-state index in [-0.39, 0.29) is 12.3 Å². The summed E-state index contributed by atoms with van der Waals surface area (Å²) < 4.78 is 0. The molecule has 3 aliphatic heterocycles. The molecule has 0 radical (unpaired) electrons. The highest BCUT2D eigenvalue weighted by molar-refractivity contribution is 6.00. The number of fused-ring (bicyclic) bond motifs is 9. The van der Waals surface area contributed by atoms with E-state index in [1.54, 1.807) is 0 Å². The summed E-state index contributed by atoms with van der Waals surface area (Å²) >= 11 is 0. The Labute approximate surface area is 365 Å². The van der Waals surface area contributed by atoms with Gasteiger partial charge in [-0.05, 0) is 119 Å². The maximum absolute atomic E-state index is 5.31. The molecule has 13 rings (SSSR count). The second-order valence-electron chi connectivity index (χ2n) is 18.5. The Morgan fingerprint density at radius 1 is 0.758 bits per heavy atom. The van der Waals surface area contributed by atoms with E-state index in [1.807, 2.05) is 0 Å². The van der Waals surface area contributed by atoms with Crippen LogP contribution in [0.1, 0.15) is 72.0 Å². The fourth-order valence-electron chi connectivity index (χ4n) is 12.3. The number of aliphatic imine (C=N–C) groups is 1. The van der Waals surface area contributed by atoms with Gasteiger partial charge in [0.15, 0.2) is 0 Å². The molecular weight excluding hydrogens is 755 g/mol. The van der Waals surface area contributed by atoms with E-state index in [2.05, 4.69) is 196 Å². The zero-order valence-electron chi connectivity index (χ0n) is 34.9. The fraction of sp³-hybridized carbons (Fsp3) is 0.246. The van der Waals surface area contributed by atoms with E-state index in [1.165, 1.54) is 73.4 Å². The standard InChI is InChI=1S/C57H51N5/c1-2-15-38(16-3-1)55-58-56(60-57(59-55)42-26-25-36-13-4-5-17-40(36)33-42)39-27-30-43(31-28-39)61-49-22-10-8-20-45(49)48-35-47-41(34-53(48)61)18-12-24-51(47)62-50-23-11-9-21-46(50)54-44-19-7-6-14-37(44)29-32-52(54)62/h1-9,12-21,24-32,34,42,46-48,50-51,55,57,59H,10-11,22-23,33,35H2,(H,58,60). The van der Waals surface area contributed by atoms with Crippen molar-refractivity contribution < 1.29 is 0 Å². The third-order valence-corrected chi connectivity index (χ3v) is 15.2. The quantitative estimate of drug-likeness (QED) is 0.174. The second kappa shape index (κ2) is 14.6. The van der Waals surface area contributed by atoms with E-state index < -0.39 is 0 Å². The second-order valence-corrected chi connectivity index (χ2v) is 18.5. The van der Waals surface area contributed by atoms with Crippen molar-refractivity contribution in [1.82, 2.24) is 10.6 Å². The maximum atomic E-state index is 5.31. The van der Waals surface area contributed by atoms with Crippen LogP contribution in [-0.4, -0.2) is 24.1 Å². The van der Waals surface area contributed by atoms with Crippen LogP contribution in [0.3, 0.4) is 0 Å². The Balaban J connectivity index is 0.825. The highest BCUT2D eigenvalue weighted by Gasteiger charge is 2.48. The minimum Gasteiger partial charge on any atom is -0.360 e. The molecule has 0 saturated carbocycles. The maximum Gasteiger partial charge on any atom is 0.131 e. The zero-order chi connectivity index (χ0) is 40.7. The first-order valence-electron chi connectivity index (χ1n) is 23.0. The van der Waals surface area contributed by atoms with Gasteiger partial charge in [-0.2, -0.15) is 0 Å². The molecule has 0 bridgehead atoms. The number of hydrogen-bond acceptors (Lipinski definition) is 5. The molecule has 304 valence electrons. The number of allylic oxidation sites excluding steroid dienone is 8. The van der Waals surface area contributed by atoms with Gasteiger partial charge in [0.2, 0.25) is 0 Å². The molecule has 5 aromatic rings. The summed E-state index contributed by atoms with van der Waals surface area (Å²) in [5.74, 6) is 2.46. The highest BCUT2D eigenvalue weighted by atomic mass is 15.3. The van der Waals surface area contributed by atoms with Crippen LogP contribution < -0.4 is 20.4 Å². The van der Waals surface area contributed by atoms with Gasteiger partial charge in [-0.1, -0.05) is 140 Å². The molecule has 0 aromatic heterocycles. The van der Waals surface area contributed by atoms with Crippen molar-refractivity contribution in [3.8, 4) is 0 Å². The molecular formula is C57H51N5. The molecule has 62 heavy (non-hydrogen) atoms. The van der Waals surface area contributed by atoms with E-state index in [0.717, 1.165) is 43.5 Å². The number of nitrogens with one attached hydrogen (secondary N) is 2. The summed E-state index contributed by atoms with van der Waals surface area (Å²) in [6.45, 7) is 0. The summed E-state index contributed by atoms with van der Waals surface area (Å²) in [6.07, 6.45) is 30.8. The van der Waals surface area contributed by atoms with Gasteiger partial charge in [0.1, 0.15) is 12.0 Å². The lowest BCUT2D eigenvalue weighted by Crippen LogP contribution is -2.55. The van der Waals surface area contributed by atoms with Crippen LogP contribution >= 0.6 is 0 Å². The Bertz CT molecular complexity index is 2870. The fourth-order valence-corrected chi connectivity index (χ4v) is 12.3. The normalized spacial score (nSPS) is 28.9. The van der Waals surface area contributed by atoms with Crippen LogP contribution in [0.5, 0.6) is 0 Å². The predicted octanol–water partition coefficient (Wildman–Crippen LogP) is 11.8. The summed E-state index contributed by atoms with van der Waals surface area (Å²) in [6, 6.07) is 43.3. The summed E-state index contributed by atoms with van der Waals surface area (Å²) in [5.41, 5.74) is 15.1. The predicted molar refractivity (Wildman–Crippen MR) is 255 cm³/mol. The highest BCUT2D eigenvalue weighted by Crippen LogP contribution is 2.55. The molecule has 5 heteroatoms. The molecule has 2 N–H and O–H groups in total. The summed E-state index contributed by atoms with van der Waals surface area (Å²) in [5, 5.41) is 10.5. The SMILES string of the molecule is C1=CC(N2c3ccc4ccccc4c3C3C=CCCC32)C2CC3C(=CC2=C1)N(c1ccc(C2=NC(c4ccccc4)NC(C4C=Cc5ccccc5C4)N2)cc1)C1=C3C=CCC1. The molecule has 5 aliphatic carbocycles. The van der Waals surface area contributed by atoms with Crippen molar-refractivity contribution in [3.63, 3.8) is 0 Å². The van der Waals surface area contributed by atoms with E-state index in [0.29, 0.717) is 35.8 Å². The largest absolute Gasteiger partial charge is 0.360 e. The number of amidine groups is 1. The minimum absolute atomic E-state index is 0.0360. The van der Waals surface area contributed by atoms with Crippen LogP contribution in [0.25, 0.3) is 16.8 Å². The number of rotatable bonds is 5. The van der Waals surface area contributed by atoms with Gasteiger partial charge < -0.3 is 15.1 Å². The lowest BCUT2D eigenvalue weighted by atomic mass is 9.72. The third-order valence-electron chi connectivity index (χ3n) is 15.2. The van der Waals surface area contributed by atoms with E-state index in [9.17, 15) is 0 Å². The van der Waals surface area contributed by atoms with Gasteiger partial charge in [0, 0.05) is 58.0 Å². The van der Waals surface area contributed by atoms with Crippen LogP contribution in [0.2, 0.25) is 0 Å². The molecule has 8 atom stereocenters. The van der Waals surface area contributed by atoms with Crippen molar-refractivity contribution >= 4 is 34.1 Å². The average Bonchev–Trinajstić information content (AvgIpc) is 3.85. The molecule has 8 aliphatic rings. The topological polar surface area (TPSA) is 42.9 Å². The lowest BCUT2D eigenvalue weighted by molar-refractivity contribution is 0.326. The van der Waals surface area contributed by atoms with Gasteiger partial charge in [-0.3, -0.25) is 5.32 Å². The monoisotopic (exact) mass is 805 g/mol. The Hall–Kier alpha value is -6.43. The molecule has 3 heterocycles. The van der Waals surface area contributed by atoms with Crippen molar-refractivity contribution in [2.75, 3.05) is 9.80 Å². The first kappa shape index (κ1) is 36.2. The van der Waals surface area contributed by atoms with Crippen molar-refractivity contribution in [3.05, 3.63) is 220 Å². The van der Waals surface area contributed by atoms with Crippen LogP contribution in [0.4, 0.5) is 11.4 Å². The molecule has 8 unspecified atom stereocenters. The molecule has 5 nitrogen and oxygen atoms in total. The van der Waals surface area contributed by atoms with E-state index in [4.69, 9.17) is 4.99 Å². The van der Waals surface area contributed by atoms with Crippen molar-refractivity contribution in [2.45, 2.75) is 68.9 Å². The van der Waals surface area contributed by atoms with Crippen molar-refractivity contribution in [1.29, 1.82) is 0 Å². The van der Waals surface area contributed by atoms with E-state index >= 15 is 0 Å². The molecule has 0 spiro atoms. The van der Waals surface area contributed by atoms with Crippen LogP contribution in [0.15, 0.2) is 197 Å². The Morgan fingerprint density at radius 3 is 2.56 bits per heavy atom. The van der Waals surface area contributed by atoms with Gasteiger partial charge in [-0.25, -0.2) is 4.99 Å². The Morgan fingerprint density at radius 2 is 1.63 bits per heavy atom. The third kappa shape index (κ3) is 5.81. The van der Waals surface area contributed by atoms with Crippen molar-refractivity contribution in [2.24, 2.45) is 22.7 Å². The molecule has 0 saturated heterocycles. The van der Waals surface area contributed by atoms with Gasteiger partial charge >= 0.3 is 0 Å².